The maximum Gasteiger partial charge on any atom is 0.0369 e. The molecular formula is C11H16N. The van der Waals surface area contributed by atoms with Gasteiger partial charge in [-0.1, -0.05) is 25.1 Å². The van der Waals surface area contributed by atoms with Crippen molar-refractivity contribution in [3.63, 3.8) is 0 Å². The summed E-state index contributed by atoms with van der Waals surface area (Å²) in [6, 6.07) is 10.8. The molecule has 0 aliphatic carbocycles. The average molecular weight is 162 g/mol. The molecule has 1 heteroatoms. The number of benzene rings is 1. The molecule has 1 nitrogen and oxygen atoms in total. The van der Waals surface area contributed by atoms with E-state index in [1.165, 1.54) is 5.69 Å². The lowest BCUT2D eigenvalue weighted by Crippen LogP contribution is -2.25. The molecule has 0 amide bonds. The molecule has 0 spiro atoms. The van der Waals surface area contributed by atoms with E-state index in [2.05, 4.69) is 37.9 Å². The molecule has 1 atom stereocenters. The predicted octanol–water partition coefficient (Wildman–Crippen LogP) is 3.08. The molecule has 1 aromatic carbocycles. The number of nitrogens with zero attached hydrogens (tertiary/aromatic N) is 1. The topological polar surface area (TPSA) is 3.24 Å². The molecular weight excluding hydrogens is 146 g/mol. The zero-order valence-electron chi connectivity index (χ0n) is 7.83. The molecule has 0 N–H and O–H groups in total. The second kappa shape index (κ2) is 4.15. The van der Waals surface area contributed by atoms with Gasteiger partial charge < -0.3 is 4.90 Å². The third-order valence-corrected chi connectivity index (χ3v) is 2.21. The highest BCUT2D eigenvalue weighted by atomic mass is 15.1. The monoisotopic (exact) mass is 162 g/mol. The van der Waals surface area contributed by atoms with E-state index in [4.69, 9.17) is 0 Å². The van der Waals surface area contributed by atoms with Crippen molar-refractivity contribution in [1.82, 2.24) is 0 Å². The summed E-state index contributed by atoms with van der Waals surface area (Å²) in [7, 11) is 4.01. The second-order valence-electron chi connectivity index (χ2n) is 3.06. The molecule has 0 aliphatic rings. The van der Waals surface area contributed by atoms with Crippen LogP contribution in [0.3, 0.4) is 0 Å². The summed E-state index contributed by atoms with van der Waals surface area (Å²) in [6.45, 7) is 4.35. The number of para-hydroxylation sites is 1. The number of anilines is 1. The number of hydrogen-bond donors (Lipinski definition) is 0. The van der Waals surface area contributed by atoms with Crippen LogP contribution >= 0.6 is 0 Å². The Balaban J connectivity index is 2.71. The fourth-order valence-electron chi connectivity index (χ4n) is 1.09. The Morgan fingerprint density at radius 1 is 1.33 bits per heavy atom. The van der Waals surface area contributed by atoms with Crippen molar-refractivity contribution in [1.29, 1.82) is 0 Å². The fourth-order valence-corrected chi connectivity index (χ4v) is 1.09. The largest absolute Gasteiger partial charge is 0.367 e. The molecule has 0 saturated carbocycles. The van der Waals surface area contributed by atoms with E-state index in [1.54, 1.807) is 0 Å². The van der Waals surface area contributed by atoms with Crippen molar-refractivity contribution < 1.29 is 0 Å². The summed E-state index contributed by atoms with van der Waals surface area (Å²) in [4.78, 5) is 2.06. The molecule has 1 aromatic rings. The van der Waals surface area contributed by atoms with Gasteiger partial charge in [-0.3, -0.25) is 0 Å². The minimum Gasteiger partial charge on any atom is -0.367 e. The van der Waals surface area contributed by atoms with Crippen LogP contribution in [0.2, 0.25) is 0 Å². The summed E-state index contributed by atoms with van der Waals surface area (Å²) in [6.07, 6.45) is 1.12. The van der Waals surface area contributed by atoms with E-state index in [9.17, 15) is 0 Å². The van der Waals surface area contributed by atoms with Crippen molar-refractivity contribution in [3.05, 3.63) is 37.4 Å². The number of hydrogen-bond acceptors (Lipinski definition) is 1. The van der Waals surface area contributed by atoms with Crippen molar-refractivity contribution in [3.8, 4) is 0 Å². The standard InChI is InChI=1S/C11H16N/c1-4-10(2)12(3)11-8-6-5-7-9-11/h5-10H,3-4H2,1-2H3. The average Bonchev–Trinajstić information content (AvgIpc) is 2.17. The lowest BCUT2D eigenvalue weighted by atomic mass is 10.2. The third kappa shape index (κ3) is 2.00. The maximum absolute atomic E-state index is 4.01. The first-order valence-electron chi connectivity index (χ1n) is 4.40. The van der Waals surface area contributed by atoms with Gasteiger partial charge >= 0.3 is 0 Å². The molecule has 1 rings (SSSR count). The van der Waals surface area contributed by atoms with Gasteiger partial charge in [0, 0.05) is 18.8 Å². The highest BCUT2D eigenvalue weighted by Gasteiger charge is 2.05. The van der Waals surface area contributed by atoms with Gasteiger partial charge in [0.1, 0.15) is 0 Å². The fraction of sp³-hybridized carbons (Fsp3) is 0.364. The SMILES string of the molecule is [CH2]N(c1ccccc1)C(C)CC. The van der Waals surface area contributed by atoms with E-state index in [-0.39, 0.29) is 0 Å². The van der Waals surface area contributed by atoms with Gasteiger partial charge in [-0.05, 0) is 25.5 Å². The molecule has 0 saturated heterocycles. The Bertz CT molecular complexity index is 218. The van der Waals surface area contributed by atoms with Gasteiger partial charge in [-0.15, -0.1) is 0 Å². The van der Waals surface area contributed by atoms with Gasteiger partial charge in [0.15, 0.2) is 0 Å². The van der Waals surface area contributed by atoms with Crippen LogP contribution < -0.4 is 4.90 Å². The minimum atomic E-state index is 0.507. The molecule has 65 valence electrons. The van der Waals surface area contributed by atoms with Crippen molar-refractivity contribution in [2.24, 2.45) is 0 Å². The summed E-state index contributed by atoms with van der Waals surface area (Å²) < 4.78 is 0. The Labute approximate surface area is 75.0 Å². The predicted molar refractivity (Wildman–Crippen MR) is 54.0 cm³/mol. The van der Waals surface area contributed by atoms with Crippen molar-refractivity contribution in [2.45, 2.75) is 26.3 Å². The Hall–Kier alpha value is -0.980. The smallest absolute Gasteiger partial charge is 0.0369 e. The van der Waals surface area contributed by atoms with E-state index >= 15 is 0 Å². The highest BCUT2D eigenvalue weighted by molar-refractivity contribution is 5.47. The van der Waals surface area contributed by atoms with E-state index < -0.39 is 0 Å². The van der Waals surface area contributed by atoms with Crippen molar-refractivity contribution in [2.75, 3.05) is 4.90 Å². The van der Waals surface area contributed by atoms with Gasteiger partial charge in [-0.2, -0.15) is 0 Å². The third-order valence-electron chi connectivity index (χ3n) is 2.21. The molecule has 0 aromatic heterocycles. The number of rotatable bonds is 3. The van der Waals surface area contributed by atoms with Crippen molar-refractivity contribution >= 4 is 5.69 Å². The summed E-state index contributed by atoms with van der Waals surface area (Å²) in [5.41, 5.74) is 1.19. The molecule has 0 fully saturated rings. The van der Waals surface area contributed by atoms with Crippen LogP contribution in [0, 0.1) is 7.05 Å². The van der Waals surface area contributed by atoms with Gasteiger partial charge in [0.25, 0.3) is 0 Å². The summed E-state index contributed by atoms with van der Waals surface area (Å²) >= 11 is 0. The quantitative estimate of drug-likeness (QED) is 0.660. The molecule has 0 aliphatic heterocycles. The lowest BCUT2D eigenvalue weighted by molar-refractivity contribution is 0.681. The first kappa shape index (κ1) is 9.11. The van der Waals surface area contributed by atoms with Crippen LogP contribution in [-0.4, -0.2) is 6.04 Å². The molecule has 0 heterocycles. The van der Waals surface area contributed by atoms with Crippen LogP contribution in [0.15, 0.2) is 30.3 Å². The highest BCUT2D eigenvalue weighted by Crippen LogP contribution is 2.15. The second-order valence-corrected chi connectivity index (χ2v) is 3.06. The summed E-state index contributed by atoms with van der Waals surface area (Å²) in [5, 5.41) is 0. The zero-order valence-corrected chi connectivity index (χ0v) is 7.83. The van der Waals surface area contributed by atoms with Gasteiger partial charge in [0.2, 0.25) is 0 Å². The Morgan fingerprint density at radius 3 is 2.42 bits per heavy atom. The normalized spacial score (nSPS) is 12.6. The first-order chi connectivity index (χ1) is 5.75. The van der Waals surface area contributed by atoms with Gasteiger partial charge in [0.05, 0.1) is 0 Å². The van der Waals surface area contributed by atoms with Crippen LogP contribution in [-0.2, 0) is 0 Å². The summed E-state index contributed by atoms with van der Waals surface area (Å²) in [5.74, 6) is 0. The van der Waals surface area contributed by atoms with E-state index in [0.717, 1.165) is 6.42 Å². The van der Waals surface area contributed by atoms with Crippen LogP contribution in [0.25, 0.3) is 0 Å². The maximum atomic E-state index is 4.01. The van der Waals surface area contributed by atoms with E-state index in [1.807, 2.05) is 18.2 Å². The molecule has 12 heavy (non-hydrogen) atoms. The lowest BCUT2D eigenvalue weighted by Gasteiger charge is -2.25. The van der Waals surface area contributed by atoms with Crippen LogP contribution in [0.4, 0.5) is 5.69 Å². The van der Waals surface area contributed by atoms with Gasteiger partial charge in [-0.25, -0.2) is 0 Å². The minimum absolute atomic E-state index is 0.507. The van der Waals surface area contributed by atoms with Crippen LogP contribution in [0.1, 0.15) is 20.3 Å². The molecule has 1 unspecified atom stereocenters. The molecule has 0 bridgehead atoms. The zero-order chi connectivity index (χ0) is 8.97. The Kier molecular flexibility index (Phi) is 3.15. The first-order valence-corrected chi connectivity index (χ1v) is 4.40. The Morgan fingerprint density at radius 2 is 1.92 bits per heavy atom. The van der Waals surface area contributed by atoms with Crippen LogP contribution in [0.5, 0.6) is 0 Å². The van der Waals surface area contributed by atoms with E-state index in [0.29, 0.717) is 6.04 Å². The molecule has 1 radical (unpaired) electrons.